The molecule has 0 radical (unpaired) electrons. The lowest BCUT2D eigenvalue weighted by molar-refractivity contribution is 0.0949. The zero-order valence-electron chi connectivity index (χ0n) is 17.2. The number of benzene rings is 2. The number of fused-ring (bicyclic) bond motifs is 2. The van der Waals surface area contributed by atoms with Crippen molar-refractivity contribution in [1.29, 1.82) is 0 Å². The molecule has 2 aromatic heterocycles. The number of aromatic nitrogens is 2. The molecule has 0 fully saturated rings. The Morgan fingerprint density at radius 3 is 2.70 bits per heavy atom. The van der Waals surface area contributed by atoms with Crippen LogP contribution in [0.1, 0.15) is 31.2 Å². The van der Waals surface area contributed by atoms with Gasteiger partial charge in [0.25, 0.3) is 11.8 Å². The van der Waals surface area contributed by atoms with E-state index >= 15 is 0 Å². The van der Waals surface area contributed by atoms with E-state index in [0.717, 1.165) is 14.9 Å². The summed E-state index contributed by atoms with van der Waals surface area (Å²) >= 11 is 2.93. The summed E-state index contributed by atoms with van der Waals surface area (Å²) in [4.78, 5) is 35.0. The molecule has 166 valence electrons. The summed E-state index contributed by atoms with van der Waals surface area (Å²) < 4.78 is 26.4. The number of carbonyl (C=O) groups excluding carboxylic acids is 2. The molecule has 0 atom stereocenters. The maximum absolute atomic E-state index is 13.2. The quantitative estimate of drug-likeness (QED) is 0.442. The molecule has 0 aliphatic carbocycles. The Bertz CT molecular complexity index is 1510. The highest BCUT2D eigenvalue weighted by Gasteiger charge is 2.32. The molecule has 0 saturated heterocycles. The molecule has 1 aliphatic rings. The van der Waals surface area contributed by atoms with E-state index in [2.05, 4.69) is 20.6 Å². The van der Waals surface area contributed by atoms with E-state index in [9.17, 15) is 18.0 Å². The van der Waals surface area contributed by atoms with Crippen molar-refractivity contribution in [2.24, 2.45) is 0 Å². The third-order valence-corrected chi connectivity index (χ3v) is 8.98. The Labute approximate surface area is 197 Å². The second kappa shape index (κ2) is 8.18. The average molecular weight is 497 g/mol. The van der Waals surface area contributed by atoms with Crippen LogP contribution in [0, 0.1) is 6.92 Å². The number of nitrogens with one attached hydrogen (secondary N) is 2. The van der Waals surface area contributed by atoms with Gasteiger partial charge in [-0.2, -0.15) is 0 Å². The van der Waals surface area contributed by atoms with Crippen LogP contribution in [0.2, 0.25) is 0 Å². The van der Waals surface area contributed by atoms with Gasteiger partial charge in [-0.25, -0.2) is 18.4 Å². The average Bonchev–Trinajstić information content (AvgIpc) is 3.49. The Kier molecular flexibility index (Phi) is 5.31. The summed E-state index contributed by atoms with van der Waals surface area (Å²) in [6.07, 6.45) is 3.40. The fraction of sp³-hybridized carbons (Fsp3) is 0.0909. The monoisotopic (exact) mass is 496 g/mol. The van der Waals surface area contributed by atoms with E-state index < -0.39 is 15.7 Å². The molecule has 33 heavy (non-hydrogen) atoms. The number of sulfone groups is 1. The molecule has 3 heterocycles. The van der Waals surface area contributed by atoms with Crippen LogP contribution in [0.25, 0.3) is 10.0 Å². The fourth-order valence-corrected chi connectivity index (χ4v) is 6.78. The van der Waals surface area contributed by atoms with E-state index in [1.165, 1.54) is 46.9 Å². The standard InChI is InChI=1S/C22H16N4O4S3/c1-12-14(19(27)24-10-13-11-25-22(32-13)21-23-8-9-31-21)6-7-17-18(12)26-20(28)15-4-2-3-5-16(15)33(17,29)30/h2-9,11H,10H2,1H3,(H,24,27)(H,26,28). The van der Waals surface area contributed by atoms with Crippen LogP contribution in [0.15, 0.2) is 64.0 Å². The fourth-order valence-electron chi connectivity index (χ4n) is 3.58. The number of carbonyl (C=O) groups is 2. The summed E-state index contributed by atoms with van der Waals surface area (Å²) in [5.41, 5.74) is 0.843. The summed E-state index contributed by atoms with van der Waals surface area (Å²) in [5.74, 6) is -0.916. The lowest BCUT2D eigenvalue weighted by Gasteiger charge is -2.14. The third-order valence-electron chi connectivity index (χ3n) is 5.21. The van der Waals surface area contributed by atoms with Gasteiger partial charge in [-0.3, -0.25) is 9.59 Å². The zero-order chi connectivity index (χ0) is 23.2. The summed E-state index contributed by atoms with van der Waals surface area (Å²) in [6.45, 7) is 1.88. The van der Waals surface area contributed by atoms with Crippen molar-refractivity contribution in [1.82, 2.24) is 15.3 Å². The molecule has 4 aromatic rings. The maximum Gasteiger partial charge on any atom is 0.257 e. The molecule has 0 spiro atoms. The Hall–Kier alpha value is -3.41. The van der Waals surface area contributed by atoms with Crippen molar-refractivity contribution in [3.05, 3.63) is 75.7 Å². The Morgan fingerprint density at radius 1 is 1.09 bits per heavy atom. The lowest BCUT2D eigenvalue weighted by atomic mass is 10.1. The molecular weight excluding hydrogens is 480 g/mol. The van der Waals surface area contributed by atoms with Crippen LogP contribution in [0.3, 0.4) is 0 Å². The summed E-state index contributed by atoms with van der Waals surface area (Å²) in [7, 11) is -3.94. The first-order valence-electron chi connectivity index (χ1n) is 9.78. The van der Waals surface area contributed by atoms with Gasteiger partial charge in [0.1, 0.15) is 0 Å². The highest BCUT2D eigenvalue weighted by atomic mass is 32.2. The van der Waals surface area contributed by atoms with Gasteiger partial charge in [-0.05, 0) is 36.8 Å². The number of anilines is 1. The first kappa shape index (κ1) is 21.4. The van der Waals surface area contributed by atoms with E-state index in [4.69, 9.17) is 0 Å². The van der Waals surface area contributed by atoms with Crippen molar-refractivity contribution in [3.8, 4) is 10.0 Å². The number of hydrogen-bond donors (Lipinski definition) is 2. The predicted octanol–water partition coefficient (Wildman–Crippen LogP) is 3.90. The lowest BCUT2D eigenvalue weighted by Crippen LogP contribution is -2.24. The maximum atomic E-state index is 13.2. The largest absolute Gasteiger partial charge is 0.347 e. The molecule has 0 bridgehead atoms. The van der Waals surface area contributed by atoms with Crippen LogP contribution in [-0.4, -0.2) is 30.2 Å². The molecule has 2 aromatic carbocycles. The topological polar surface area (TPSA) is 118 Å². The SMILES string of the molecule is Cc1c(C(=O)NCc2cnc(-c3nccs3)s2)ccc2c1NC(=O)c1ccccc1S2(=O)=O. The summed E-state index contributed by atoms with van der Waals surface area (Å²) in [6, 6.07) is 8.88. The zero-order valence-corrected chi connectivity index (χ0v) is 19.6. The van der Waals surface area contributed by atoms with Crippen LogP contribution in [0.5, 0.6) is 0 Å². The number of hydrogen-bond acceptors (Lipinski definition) is 8. The highest BCUT2D eigenvalue weighted by Crippen LogP contribution is 2.36. The second-order valence-corrected chi connectivity index (χ2v) is 11.1. The van der Waals surface area contributed by atoms with E-state index in [1.807, 2.05) is 5.38 Å². The first-order chi connectivity index (χ1) is 15.9. The van der Waals surface area contributed by atoms with Crippen molar-refractivity contribution >= 4 is 50.0 Å². The van der Waals surface area contributed by atoms with E-state index in [1.54, 1.807) is 31.5 Å². The van der Waals surface area contributed by atoms with Gasteiger partial charge < -0.3 is 10.6 Å². The first-order valence-corrected chi connectivity index (χ1v) is 13.0. The van der Waals surface area contributed by atoms with Crippen LogP contribution in [0.4, 0.5) is 5.69 Å². The molecule has 0 unspecified atom stereocenters. The molecular formula is C22H16N4O4S3. The van der Waals surface area contributed by atoms with Crippen molar-refractivity contribution in [3.63, 3.8) is 0 Å². The normalized spacial score (nSPS) is 14.0. The van der Waals surface area contributed by atoms with Crippen LogP contribution < -0.4 is 10.6 Å². The van der Waals surface area contributed by atoms with Crippen LogP contribution >= 0.6 is 22.7 Å². The van der Waals surface area contributed by atoms with Gasteiger partial charge in [-0.1, -0.05) is 12.1 Å². The van der Waals surface area contributed by atoms with Crippen molar-refractivity contribution in [2.75, 3.05) is 5.32 Å². The Morgan fingerprint density at radius 2 is 1.91 bits per heavy atom. The van der Waals surface area contributed by atoms with Gasteiger partial charge in [0.05, 0.1) is 27.6 Å². The minimum atomic E-state index is -3.94. The predicted molar refractivity (Wildman–Crippen MR) is 125 cm³/mol. The highest BCUT2D eigenvalue weighted by molar-refractivity contribution is 7.91. The van der Waals surface area contributed by atoms with Crippen molar-refractivity contribution < 1.29 is 18.0 Å². The molecule has 1 aliphatic heterocycles. The van der Waals surface area contributed by atoms with Gasteiger partial charge in [0.2, 0.25) is 9.84 Å². The third kappa shape index (κ3) is 3.73. The molecule has 11 heteroatoms. The van der Waals surface area contributed by atoms with E-state index in [0.29, 0.717) is 5.56 Å². The van der Waals surface area contributed by atoms with Gasteiger partial charge >= 0.3 is 0 Å². The van der Waals surface area contributed by atoms with Crippen LogP contribution in [-0.2, 0) is 16.4 Å². The number of nitrogens with zero attached hydrogens (tertiary/aromatic N) is 2. The van der Waals surface area contributed by atoms with Gasteiger partial charge in [-0.15, -0.1) is 22.7 Å². The summed E-state index contributed by atoms with van der Waals surface area (Å²) in [5, 5.41) is 8.99. The van der Waals surface area contributed by atoms with Gasteiger partial charge in [0.15, 0.2) is 10.0 Å². The van der Waals surface area contributed by atoms with E-state index in [-0.39, 0.29) is 39.1 Å². The Balaban J connectivity index is 1.43. The molecule has 2 N–H and O–H groups in total. The smallest absolute Gasteiger partial charge is 0.257 e. The minimum Gasteiger partial charge on any atom is -0.347 e. The molecule has 0 saturated carbocycles. The van der Waals surface area contributed by atoms with Crippen molar-refractivity contribution in [2.45, 2.75) is 23.3 Å². The second-order valence-electron chi connectivity index (χ2n) is 7.22. The molecule has 5 rings (SSSR count). The molecule has 8 nitrogen and oxygen atoms in total. The number of thiazole rings is 2. The minimum absolute atomic E-state index is 0.0367. The molecule has 2 amide bonds. The van der Waals surface area contributed by atoms with Gasteiger partial charge in [0, 0.05) is 28.2 Å². The number of rotatable bonds is 4. The number of amides is 2.